The Balaban J connectivity index is 1.90. The summed E-state index contributed by atoms with van der Waals surface area (Å²) in [4.78, 5) is 44.8. The molecule has 0 saturated carbocycles. The molecule has 1 atom stereocenters. The lowest BCUT2D eigenvalue weighted by atomic mass is 10.1. The molecule has 34 heavy (non-hydrogen) atoms. The number of aryl methyl sites for hydroxylation is 2. The van der Waals surface area contributed by atoms with Gasteiger partial charge in [0.2, 0.25) is 0 Å². The fourth-order valence-electron chi connectivity index (χ4n) is 3.11. The summed E-state index contributed by atoms with van der Waals surface area (Å²) in [7, 11) is 0. The van der Waals surface area contributed by atoms with Crippen LogP contribution >= 0.6 is 0 Å². The Morgan fingerprint density at radius 2 is 1.15 bits per heavy atom. The molecule has 2 rings (SSSR count). The third-order valence-electron chi connectivity index (χ3n) is 5.45. The molecule has 184 valence electrons. The number of carbonyl (C=O) groups is 2. The van der Waals surface area contributed by atoms with Crippen molar-refractivity contribution in [3.05, 3.63) is 84.0 Å². The SMILES string of the molecule is [CH2]CC(C)C[C](OOC(=O)c1ccc(CCCC)cc1)OOC(=O)c1ccc(CCCC)cc1. The summed E-state index contributed by atoms with van der Waals surface area (Å²) in [5.74, 6) is -1.28. The molecule has 2 aromatic carbocycles. The fourth-order valence-corrected chi connectivity index (χ4v) is 3.11. The molecule has 0 aromatic heterocycles. The predicted octanol–water partition coefficient (Wildman–Crippen LogP) is 6.99. The van der Waals surface area contributed by atoms with Gasteiger partial charge in [0, 0.05) is 6.42 Å². The second-order valence-corrected chi connectivity index (χ2v) is 8.48. The van der Waals surface area contributed by atoms with Crippen LogP contribution in [0, 0.1) is 19.1 Å². The molecule has 6 nitrogen and oxygen atoms in total. The first-order valence-corrected chi connectivity index (χ1v) is 12.1. The molecule has 0 bridgehead atoms. The van der Waals surface area contributed by atoms with E-state index in [9.17, 15) is 9.59 Å². The molecular weight excluding hydrogens is 432 g/mol. The Bertz CT molecular complexity index is 792. The Labute approximate surface area is 203 Å². The first kappa shape index (κ1) is 27.5. The zero-order chi connectivity index (χ0) is 24.8. The smallest absolute Gasteiger partial charge is 0.289 e. The summed E-state index contributed by atoms with van der Waals surface area (Å²) in [5, 5.41) is 0. The molecule has 2 radical (unpaired) electrons. The standard InChI is InChI=1S/C28H36O6/c1-5-8-10-22-12-16-24(17-13-22)27(29)33-31-26(20-21(4)7-3)32-34-28(30)25-18-14-23(15-19-25)11-9-6-2/h12-19,21H,3,5-11,20H2,1-2,4H3. The van der Waals surface area contributed by atoms with E-state index in [-0.39, 0.29) is 18.6 Å². The Morgan fingerprint density at radius 1 is 0.735 bits per heavy atom. The van der Waals surface area contributed by atoms with Gasteiger partial charge in [-0.3, -0.25) is 9.78 Å². The molecule has 0 saturated heterocycles. The fraction of sp³-hybridized carbons (Fsp3) is 0.429. The number of unbranched alkanes of at least 4 members (excludes halogenated alkanes) is 2. The maximum absolute atomic E-state index is 12.4. The van der Waals surface area contributed by atoms with Gasteiger partial charge in [-0.25, -0.2) is 9.59 Å². The van der Waals surface area contributed by atoms with Gasteiger partial charge in [-0.05, 0) is 67.0 Å². The normalized spacial score (nSPS) is 11.9. The largest absolute Gasteiger partial charge is 0.373 e. The number of carbonyl (C=O) groups excluding carboxylic acids is 2. The average Bonchev–Trinajstić information content (AvgIpc) is 2.87. The third-order valence-corrected chi connectivity index (χ3v) is 5.45. The third kappa shape index (κ3) is 9.65. The first-order valence-electron chi connectivity index (χ1n) is 12.1. The minimum absolute atomic E-state index is 0.0584. The monoisotopic (exact) mass is 468 g/mol. The summed E-state index contributed by atoms with van der Waals surface area (Å²) in [6.45, 7) is 10.0. The molecule has 0 spiro atoms. The van der Waals surface area contributed by atoms with Gasteiger partial charge in [-0.1, -0.05) is 71.2 Å². The Morgan fingerprint density at radius 3 is 1.50 bits per heavy atom. The predicted molar refractivity (Wildman–Crippen MR) is 130 cm³/mol. The van der Waals surface area contributed by atoms with Crippen molar-refractivity contribution >= 4 is 11.9 Å². The quantitative estimate of drug-likeness (QED) is 0.207. The van der Waals surface area contributed by atoms with Crippen molar-refractivity contribution in [2.45, 2.75) is 72.1 Å². The molecule has 0 N–H and O–H groups in total. The maximum atomic E-state index is 12.4. The highest BCUT2D eigenvalue weighted by molar-refractivity contribution is 5.89. The second-order valence-electron chi connectivity index (χ2n) is 8.48. The topological polar surface area (TPSA) is 71.1 Å². The minimum Gasteiger partial charge on any atom is -0.289 e. The van der Waals surface area contributed by atoms with Crippen molar-refractivity contribution in [2.75, 3.05) is 0 Å². The van der Waals surface area contributed by atoms with Crippen molar-refractivity contribution in [1.82, 2.24) is 0 Å². The molecule has 6 heteroatoms. The van der Waals surface area contributed by atoms with Crippen molar-refractivity contribution in [3.8, 4) is 0 Å². The molecular formula is C28H36O6. The van der Waals surface area contributed by atoms with Gasteiger partial charge in [-0.15, -0.1) is 9.78 Å². The van der Waals surface area contributed by atoms with Crippen LogP contribution in [0.15, 0.2) is 48.5 Å². The van der Waals surface area contributed by atoms with Crippen LogP contribution in [-0.2, 0) is 32.4 Å². The molecule has 0 heterocycles. The van der Waals surface area contributed by atoms with E-state index in [4.69, 9.17) is 19.6 Å². The second kappa shape index (κ2) is 15.3. The van der Waals surface area contributed by atoms with Crippen LogP contribution in [0.2, 0.25) is 0 Å². The lowest BCUT2D eigenvalue weighted by molar-refractivity contribution is -0.365. The highest BCUT2D eigenvalue weighted by Gasteiger charge is 2.23. The summed E-state index contributed by atoms with van der Waals surface area (Å²) < 4.78 is 0. The summed E-state index contributed by atoms with van der Waals surface area (Å²) in [6.07, 6.45) is 7.04. The van der Waals surface area contributed by atoms with E-state index < -0.39 is 11.9 Å². The Kier molecular flexibility index (Phi) is 12.4. The summed E-state index contributed by atoms with van der Waals surface area (Å²) >= 11 is 0. The van der Waals surface area contributed by atoms with E-state index >= 15 is 0 Å². The summed E-state index contributed by atoms with van der Waals surface area (Å²) in [5.41, 5.74) is 3.02. The van der Waals surface area contributed by atoms with Gasteiger partial charge in [0.05, 0.1) is 11.1 Å². The van der Waals surface area contributed by atoms with Crippen LogP contribution in [0.1, 0.15) is 91.1 Å². The number of hydrogen-bond donors (Lipinski definition) is 0. The van der Waals surface area contributed by atoms with Gasteiger partial charge >= 0.3 is 18.2 Å². The van der Waals surface area contributed by atoms with E-state index in [1.807, 2.05) is 31.2 Å². The lowest BCUT2D eigenvalue weighted by Crippen LogP contribution is -2.18. The van der Waals surface area contributed by atoms with Gasteiger partial charge in [-0.2, -0.15) is 0 Å². The van der Waals surface area contributed by atoms with Crippen LogP contribution in [0.3, 0.4) is 0 Å². The lowest BCUT2D eigenvalue weighted by Gasteiger charge is -2.16. The van der Waals surface area contributed by atoms with Crippen molar-refractivity contribution in [1.29, 1.82) is 0 Å². The molecule has 2 aromatic rings. The molecule has 0 aliphatic rings. The number of benzene rings is 2. The summed E-state index contributed by atoms with van der Waals surface area (Å²) in [6, 6.07) is 14.4. The van der Waals surface area contributed by atoms with Crippen molar-refractivity contribution in [3.63, 3.8) is 0 Å². The van der Waals surface area contributed by atoms with Crippen molar-refractivity contribution < 1.29 is 29.1 Å². The van der Waals surface area contributed by atoms with E-state index in [2.05, 4.69) is 20.8 Å². The molecule has 0 amide bonds. The van der Waals surface area contributed by atoms with E-state index in [1.165, 1.54) is 0 Å². The van der Waals surface area contributed by atoms with Gasteiger partial charge < -0.3 is 0 Å². The van der Waals surface area contributed by atoms with Gasteiger partial charge in [0.1, 0.15) is 0 Å². The van der Waals surface area contributed by atoms with E-state index in [0.29, 0.717) is 17.5 Å². The molecule has 1 unspecified atom stereocenters. The Hall–Kier alpha value is -2.70. The molecule has 0 aliphatic carbocycles. The van der Waals surface area contributed by atoms with Crippen molar-refractivity contribution in [2.24, 2.45) is 5.92 Å². The highest BCUT2D eigenvalue weighted by atomic mass is 17.3. The number of rotatable bonds is 15. The average molecular weight is 469 g/mol. The van der Waals surface area contributed by atoms with Crippen LogP contribution < -0.4 is 0 Å². The van der Waals surface area contributed by atoms with Crippen LogP contribution in [0.5, 0.6) is 0 Å². The minimum atomic E-state index is -0.667. The molecule has 0 fully saturated rings. The molecule has 0 aliphatic heterocycles. The van der Waals surface area contributed by atoms with Crippen LogP contribution in [0.25, 0.3) is 0 Å². The van der Waals surface area contributed by atoms with Gasteiger partial charge in [0.25, 0.3) is 0 Å². The van der Waals surface area contributed by atoms with Crippen LogP contribution in [0.4, 0.5) is 0 Å². The number of hydrogen-bond acceptors (Lipinski definition) is 6. The van der Waals surface area contributed by atoms with Crippen LogP contribution in [-0.4, -0.2) is 11.9 Å². The van der Waals surface area contributed by atoms with E-state index in [1.54, 1.807) is 24.3 Å². The highest BCUT2D eigenvalue weighted by Crippen LogP contribution is 2.22. The zero-order valence-electron chi connectivity index (χ0n) is 20.5. The van der Waals surface area contributed by atoms with Gasteiger partial charge in [0.15, 0.2) is 0 Å². The maximum Gasteiger partial charge on any atom is 0.373 e. The first-order chi connectivity index (χ1) is 16.5. The van der Waals surface area contributed by atoms with E-state index in [0.717, 1.165) is 49.7 Å². The zero-order valence-corrected chi connectivity index (χ0v) is 20.5.